The van der Waals surface area contributed by atoms with Gasteiger partial charge in [0.05, 0.1) is 17.4 Å². The molecule has 0 unspecified atom stereocenters. The molecule has 1 fully saturated rings. The molecular weight excluding hydrogens is 561 g/mol. The largest absolute Gasteiger partial charge is 0.264 e. The maximum atomic E-state index is 12.2. The van der Waals surface area contributed by atoms with Crippen molar-refractivity contribution >= 4 is 11.6 Å². The van der Waals surface area contributed by atoms with Gasteiger partial charge in [-0.2, -0.15) is 0 Å². The lowest BCUT2D eigenvalue weighted by atomic mass is 10.0. The van der Waals surface area contributed by atoms with Crippen LogP contribution in [0.3, 0.4) is 0 Å². The minimum absolute atomic E-state index is 0.264. The van der Waals surface area contributed by atoms with Gasteiger partial charge in [-0.15, -0.1) is 0 Å². The third-order valence-electron chi connectivity index (χ3n) is 6.30. The molecule has 0 spiro atoms. The van der Waals surface area contributed by atoms with E-state index in [9.17, 15) is 4.39 Å². The van der Waals surface area contributed by atoms with Crippen LogP contribution >= 0.6 is 11.6 Å². The summed E-state index contributed by atoms with van der Waals surface area (Å²) in [6.45, 7) is 16.7. The fourth-order valence-corrected chi connectivity index (χ4v) is 3.61. The van der Waals surface area contributed by atoms with E-state index in [1.165, 1.54) is 42.8 Å². The number of rotatable bonds is 7. The summed E-state index contributed by atoms with van der Waals surface area (Å²) in [6, 6.07) is 4.13. The molecule has 232 valence electrons. The summed E-state index contributed by atoms with van der Waals surface area (Å²) in [6.07, 6.45) is 18.4. The summed E-state index contributed by atoms with van der Waals surface area (Å²) in [4.78, 5) is 28.4. The molecule has 0 amide bonds. The Hall–Kier alpha value is -3.39. The van der Waals surface area contributed by atoms with E-state index in [1.807, 2.05) is 58.5 Å². The van der Waals surface area contributed by atoms with Gasteiger partial charge >= 0.3 is 0 Å². The molecule has 0 aromatic carbocycles. The third-order valence-corrected chi connectivity index (χ3v) is 6.50. The first-order valence-corrected chi connectivity index (χ1v) is 15.5. The van der Waals surface area contributed by atoms with Gasteiger partial charge < -0.3 is 0 Å². The third kappa shape index (κ3) is 15.1. The van der Waals surface area contributed by atoms with Crippen molar-refractivity contribution in [2.45, 2.75) is 105 Å². The highest BCUT2D eigenvalue weighted by molar-refractivity contribution is 6.30. The molecule has 1 saturated carbocycles. The van der Waals surface area contributed by atoms with Crippen molar-refractivity contribution in [3.05, 3.63) is 101 Å². The molecule has 4 aromatic rings. The summed E-state index contributed by atoms with van der Waals surface area (Å²) in [7, 11) is 0. The fraction of sp³-hybridized carbons (Fsp3) is 0.500. The lowest BCUT2D eigenvalue weighted by Gasteiger charge is -2.03. The molecule has 0 atom stereocenters. The quantitative estimate of drug-likeness (QED) is 0.207. The average molecular weight is 608 g/mol. The second kappa shape index (κ2) is 19.0. The van der Waals surface area contributed by atoms with Crippen LogP contribution in [0.4, 0.5) is 4.39 Å². The molecular formula is C34H47ClFN7. The van der Waals surface area contributed by atoms with E-state index in [0.717, 1.165) is 29.9 Å². The van der Waals surface area contributed by atoms with Crippen LogP contribution in [0.2, 0.25) is 5.02 Å². The minimum atomic E-state index is -0.385. The Labute approximate surface area is 262 Å². The van der Waals surface area contributed by atoms with Crippen LogP contribution < -0.4 is 0 Å². The van der Waals surface area contributed by atoms with Gasteiger partial charge in [-0.25, -0.2) is 34.3 Å². The topological polar surface area (TPSA) is 90.2 Å². The van der Waals surface area contributed by atoms with E-state index in [-0.39, 0.29) is 11.7 Å². The second-order valence-corrected chi connectivity index (χ2v) is 12.4. The highest BCUT2D eigenvalue weighted by atomic mass is 35.5. The van der Waals surface area contributed by atoms with Gasteiger partial charge in [-0.1, -0.05) is 73.1 Å². The Morgan fingerprint density at radius 1 is 0.698 bits per heavy atom. The van der Waals surface area contributed by atoms with Crippen LogP contribution in [-0.4, -0.2) is 34.9 Å². The smallest absolute Gasteiger partial charge is 0.159 e. The molecule has 0 N–H and O–H groups in total. The van der Waals surface area contributed by atoms with E-state index >= 15 is 0 Å². The summed E-state index contributed by atoms with van der Waals surface area (Å²) >= 11 is 5.59. The van der Waals surface area contributed by atoms with Crippen LogP contribution in [-0.2, 0) is 6.42 Å². The van der Waals surface area contributed by atoms with Crippen molar-refractivity contribution in [3.8, 4) is 0 Å². The number of aryl methyl sites for hydroxylation is 1. The van der Waals surface area contributed by atoms with Crippen LogP contribution in [0.1, 0.15) is 127 Å². The van der Waals surface area contributed by atoms with Crippen molar-refractivity contribution in [2.24, 2.45) is 5.92 Å². The van der Waals surface area contributed by atoms with E-state index < -0.39 is 0 Å². The van der Waals surface area contributed by atoms with Gasteiger partial charge in [0.2, 0.25) is 0 Å². The van der Waals surface area contributed by atoms with Gasteiger partial charge in [0.25, 0.3) is 0 Å². The van der Waals surface area contributed by atoms with Crippen LogP contribution in [0.5, 0.6) is 0 Å². The fourth-order valence-electron chi connectivity index (χ4n) is 3.52. The number of aromatic nitrogens is 7. The molecule has 4 aromatic heterocycles. The zero-order chi connectivity index (χ0) is 31.8. The standard InChI is InChI=1S/C10H14N2.C10H15N.C7H9ClN2.C7H9FN2/c1-7(2)10-11-5-9(6-12-10)8-3-4-8;1-9(2)5-6-10-4-3-7-11-8-10;2*1-5(2)7-9-3-6(8)4-10-7/h5-8H,3-4H2,1-2H3;3-4,7-9H,5-6H2,1-2H3;2*3-5H,1-2H3. The Kier molecular flexibility index (Phi) is 15.8. The molecule has 1 aliphatic carbocycles. The summed E-state index contributed by atoms with van der Waals surface area (Å²) in [5, 5.41) is 0.587. The Morgan fingerprint density at radius 3 is 1.56 bits per heavy atom. The lowest BCUT2D eigenvalue weighted by molar-refractivity contribution is 0.586. The van der Waals surface area contributed by atoms with E-state index in [1.54, 1.807) is 12.4 Å². The summed E-state index contributed by atoms with van der Waals surface area (Å²) in [5.74, 6) is 4.73. The average Bonchev–Trinajstić information content (AvgIpc) is 3.84. The van der Waals surface area contributed by atoms with Crippen molar-refractivity contribution < 1.29 is 4.39 Å². The maximum Gasteiger partial charge on any atom is 0.159 e. The molecule has 5 rings (SSSR count). The molecule has 7 nitrogen and oxygen atoms in total. The number of hydrogen-bond acceptors (Lipinski definition) is 7. The normalized spacial score (nSPS) is 12.2. The maximum absolute atomic E-state index is 12.2. The van der Waals surface area contributed by atoms with Crippen LogP contribution in [0.25, 0.3) is 0 Å². The number of pyridine rings is 1. The van der Waals surface area contributed by atoms with Gasteiger partial charge in [0, 0.05) is 54.9 Å². The number of halogens is 2. The first-order chi connectivity index (χ1) is 20.5. The predicted molar refractivity (Wildman–Crippen MR) is 173 cm³/mol. The highest BCUT2D eigenvalue weighted by Crippen LogP contribution is 2.39. The summed E-state index contributed by atoms with van der Waals surface area (Å²) in [5.41, 5.74) is 2.67. The first kappa shape index (κ1) is 35.8. The van der Waals surface area contributed by atoms with Gasteiger partial charge in [-0.05, 0) is 54.7 Å². The number of nitrogens with zero attached hydrogens (tertiary/aromatic N) is 7. The minimum Gasteiger partial charge on any atom is -0.264 e. The summed E-state index contributed by atoms with van der Waals surface area (Å²) < 4.78 is 12.2. The van der Waals surface area contributed by atoms with Crippen molar-refractivity contribution in [2.75, 3.05) is 0 Å². The Morgan fingerprint density at radius 2 is 1.16 bits per heavy atom. The molecule has 4 heterocycles. The van der Waals surface area contributed by atoms with E-state index in [2.05, 4.69) is 68.6 Å². The van der Waals surface area contributed by atoms with Crippen molar-refractivity contribution in [1.29, 1.82) is 0 Å². The van der Waals surface area contributed by atoms with Crippen LogP contribution in [0.15, 0.2) is 61.7 Å². The second-order valence-electron chi connectivity index (χ2n) is 11.9. The van der Waals surface area contributed by atoms with Gasteiger partial charge in [0.1, 0.15) is 17.5 Å². The molecule has 9 heteroatoms. The zero-order valence-corrected chi connectivity index (χ0v) is 27.6. The molecule has 0 saturated heterocycles. The van der Waals surface area contributed by atoms with Gasteiger partial charge in [-0.3, -0.25) is 4.98 Å². The molecule has 0 bridgehead atoms. The van der Waals surface area contributed by atoms with E-state index in [0.29, 0.717) is 22.7 Å². The monoisotopic (exact) mass is 607 g/mol. The van der Waals surface area contributed by atoms with Gasteiger partial charge in [0.15, 0.2) is 5.82 Å². The Bertz CT molecular complexity index is 1210. The van der Waals surface area contributed by atoms with Crippen molar-refractivity contribution in [1.82, 2.24) is 34.9 Å². The van der Waals surface area contributed by atoms with Crippen molar-refractivity contribution in [3.63, 3.8) is 0 Å². The number of hydrogen-bond donors (Lipinski definition) is 0. The molecule has 1 aliphatic rings. The Balaban J connectivity index is 0.000000201. The SMILES string of the molecule is CC(C)CCc1cccnc1.CC(C)c1ncc(C2CC2)cn1.CC(C)c1ncc(Cl)cn1.CC(C)c1ncc(F)cn1. The highest BCUT2D eigenvalue weighted by Gasteiger charge is 2.24. The molecule has 0 radical (unpaired) electrons. The molecule has 43 heavy (non-hydrogen) atoms. The van der Waals surface area contributed by atoms with Crippen LogP contribution in [0, 0.1) is 11.7 Å². The predicted octanol–water partition coefficient (Wildman–Crippen LogP) is 9.14. The van der Waals surface area contributed by atoms with E-state index in [4.69, 9.17) is 11.6 Å². The zero-order valence-electron chi connectivity index (χ0n) is 26.9. The lowest BCUT2D eigenvalue weighted by Crippen LogP contribution is -1.97. The first-order valence-electron chi connectivity index (χ1n) is 15.1. The molecule has 0 aliphatic heterocycles.